The highest BCUT2D eigenvalue weighted by Crippen LogP contribution is 2.26. The molecule has 0 aliphatic carbocycles. The molecule has 2 rings (SSSR count). The van der Waals surface area contributed by atoms with Gasteiger partial charge in [-0.1, -0.05) is 32.0 Å². The smallest absolute Gasteiger partial charge is 0.122 e. The van der Waals surface area contributed by atoms with E-state index < -0.39 is 0 Å². The van der Waals surface area contributed by atoms with Crippen LogP contribution in [0.15, 0.2) is 24.3 Å². The summed E-state index contributed by atoms with van der Waals surface area (Å²) in [4.78, 5) is 5.99. The fourth-order valence-corrected chi connectivity index (χ4v) is 3.23. The molecule has 0 aliphatic rings. The summed E-state index contributed by atoms with van der Waals surface area (Å²) >= 11 is 1.72. The van der Waals surface area contributed by atoms with E-state index in [1.54, 1.807) is 18.4 Å². The average Bonchev–Trinajstić information content (AvgIpc) is 2.80. The summed E-state index contributed by atoms with van der Waals surface area (Å²) in [6.45, 7) is 4.99. The van der Waals surface area contributed by atoms with Crippen molar-refractivity contribution in [2.45, 2.75) is 33.2 Å². The zero-order valence-corrected chi connectivity index (χ0v) is 13.2. The maximum atomic E-state index is 5.83. The third kappa shape index (κ3) is 3.58. The van der Waals surface area contributed by atoms with Gasteiger partial charge in [-0.15, -0.1) is 11.3 Å². The Morgan fingerprint density at radius 2 is 2.05 bits per heavy atom. The van der Waals surface area contributed by atoms with Gasteiger partial charge in [-0.05, 0) is 18.4 Å². The Kier molecular flexibility index (Phi) is 5.15. The van der Waals surface area contributed by atoms with Crippen molar-refractivity contribution in [1.29, 1.82) is 0 Å². The number of aromatic nitrogens is 1. The number of nitrogens with zero attached hydrogens (tertiary/aromatic N) is 1. The van der Waals surface area contributed by atoms with E-state index in [0.717, 1.165) is 29.3 Å². The van der Waals surface area contributed by atoms with Crippen molar-refractivity contribution in [2.75, 3.05) is 7.11 Å². The minimum Gasteiger partial charge on any atom is -0.496 e. The molecule has 0 bridgehead atoms. The average molecular weight is 290 g/mol. The van der Waals surface area contributed by atoms with E-state index in [0.29, 0.717) is 12.5 Å². The maximum absolute atomic E-state index is 5.83. The molecule has 2 N–H and O–H groups in total. The van der Waals surface area contributed by atoms with E-state index >= 15 is 0 Å². The minimum absolute atomic E-state index is 0.575. The second kappa shape index (κ2) is 6.86. The van der Waals surface area contributed by atoms with Crippen LogP contribution in [0.1, 0.15) is 35.0 Å². The summed E-state index contributed by atoms with van der Waals surface area (Å²) in [5.74, 6) is 1.52. The maximum Gasteiger partial charge on any atom is 0.122 e. The van der Waals surface area contributed by atoms with Gasteiger partial charge in [-0.3, -0.25) is 0 Å². The molecule has 0 spiro atoms. The lowest BCUT2D eigenvalue weighted by Gasteiger charge is -2.06. The monoisotopic (exact) mass is 290 g/mol. The van der Waals surface area contributed by atoms with E-state index in [9.17, 15) is 0 Å². The topological polar surface area (TPSA) is 48.1 Å². The summed E-state index contributed by atoms with van der Waals surface area (Å²) < 4.78 is 5.40. The first kappa shape index (κ1) is 15.0. The SMILES string of the molecule is COc1ccccc1Cc1nc(CC(C)C)c(CN)s1. The van der Waals surface area contributed by atoms with Crippen LogP contribution in [-0.4, -0.2) is 12.1 Å². The highest BCUT2D eigenvalue weighted by Gasteiger charge is 2.13. The fourth-order valence-electron chi connectivity index (χ4n) is 2.23. The van der Waals surface area contributed by atoms with Gasteiger partial charge >= 0.3 is 0 Å². The minimum atomic E-state index is 0.575. The first-order valence-corrected chi connectivity index (χ1v) is 7.75. The summed E-state index contributed by atoms with van der Waals surface area (Å²) in [6, 6.07) is 8.09. The van der Waals surface area contributed by atoms with Crippen molar-refractivity contribution >= 4 is 11.3 Å². The predicted molar refractivity (Wildman–Crippen MR) is 84.3 cm³/mol. The number of nitrogens with two attached hydrogens (primary N) is 1. The number of para-hydroxylation sites is 1. The Morgan fingerprint density at radius 1 is 1.30 bits per heavy atom. The Morgan fingerprint density at radius 3 is 2.70 bits per heavy atom. The largest absolute Gasteiger partial charge is 0.496 e. The molecule has 1 aromatic heterocycles. The molecule has 0 aliphatic heterocycles. The van der Waals surface area contributed by atoms with Gasteiger partial charge in [0.2, 0.25) is 0 Å². The molecule has 108 valence electrons. The van der Waals surface area contributed by atoms with E-state index in [-0.39, 0.29) is 0 Å². The van der Waals surface area contributed by atoms with E-state index in [2.05, 4.69) is 19.9 Å². The van der Waals surface area contributed by atoms with Gasteiger partial charge in [0, 0.05) is 23.4 Å². The third-order valence-corrected chi connectivity index (χ3v) is 4.26. The van der Waals surface area contributed by atoms with Gasteiger partial charge in [-0.2, -0.15) is 0 Å². The van der Waals surface area contributed by atoms with Crippen LogP contribution in [0.3, 0.4) is 0 Å². The van der Waals surface area contributed by atoms with Crippen molar-refractivity contribution in [1.82, 2.24) is 4.98 Å². The van der Waals surface area contributed by atoms with Crippen LogP contribution in [-0.2, 0) is 19.4 Å². The first-order chi connectivity index (χ1) is 9.63. The second-order valence-corrected chi connectivity index (χ2v) is 6.44. The van der Waals surface area contributed by atoms with Crippen LogP contribution in [0.25, 0.3) is 0 Å². The van der Waals surface area contributed by atoms with Crippen LogP contribution in [0, 0.1) is 5.92 Å². The Balaban J connectivity index is 2.23. The van der Waals surface area contributed by atoms with Gasteiger partial charge in [-0.25, -0.2) is 4.98 Å². The van der Waals surface area contributed by atoms with Crippen LogP contribution < -0.4 is 10.5 Å². The van der Waals surface area contributed by atoms with Gasteiger partial charge in [0.15, 0.2) is 0 Å². The van der Waals surface area contributed by atoms with Gasteiger partial charge in [0.25, 0.3) is 0 Å². The molecule has 3 nitrogen and oxygen atoms in total. The Labute approximate surface area is 124 Å². The number of methoxy groups -OCH3 is 1. The second-order valence-electron chi connectivity index (χ2n) is 5.27. The molecule has 0 amide bonds. The van der Waals surface area contributed by atoms with Crippen molar-refractivity contribution in [3.8, 4) is 5.75 Å². The first-order valence-electron chi connectivity index (χ1n) is 6.93. The Hall–Kier alpha value is -1.39. The highest BCUT2D eigenvalue weighted by molar-refractivity contribution is 7.11. The number of hydrogen-bond acceptors (Lipinski definition) is 4. The van der Waals surface area contributed by atoms with E-state index in [1.807, 2.05) is 18.2 Å². The van der Waals surface area contributed by atoms with Crippen molar-refractivity contribution in [2.24, 2.45) is 11.7 Å². The van der Waals surface area contributed by atoms with Gasteiger partial charge in [0.05, 0.1) is 17.8 Å². The van der Waals surface area contributed by atoms with E-state index in [4.69, 9.17) is 15.5 Å². The zero-order chi connectivity index (χ0) is 14.5. The lowest BCUT2D eigenvalue weighted by Crippen LogP contribution is -2.02. The number of ether oxygens (including phenoxy) is 1. The van der Waals surface area contributed by atoms with Crippen LogP contribution >= 0.6 is 11.3 Å². The quantitative estimate of drug-likeness (QED) is 0.887. The van der Waals surface area contributed by atoms with Crippen LogP contribution in [0.5, 0.6) is 5.75 Å². The van der Waals surface area contributed by atoms with E-state index in [1.165, 1.54) is 10.4 Å². The van der Waals surface area contributed by atoms with Crippen LogP contribution in [0.4, 0.5) is 0 Å². The van der Waals surface area contributed by atoms with Crippen molar-refractivity contribution < 1.29 is 4.74 Å². The molecular formula is C16H22N2OS. The number of rotatable bonds is 6. The lowest BCUT2D eigenvalue weighted by molar-refractivity contribution is 0.410. The molecule has 0 saturated heterocycles. The highest BCUT2D eigenvalue weighted by atomic mass is 32.1. The third-order valence-electron chi connectivity index (χ3n) is 3.14. The normalized spacial score (nSPS) is 11.1. The summed E-state index contributed by atoms with van der Waals surface area (Å²) in [5, 5.41) is 1.12. The Bertz CT molecular complexity index is 563. The molecule has 0 atom stereocenters. The predicted octanol–water partition coefficient (Wildman–Crippen LogP) is 3.40. The van der Waals surface area contributed by atoms with Gasteiger partial charge in [0.1, 0.15) is 5.75 Å². The summed E-state index contributed by atoms with van der Waals surface area (Å²) in [6.07, 6.45) is 1.80. The van der Waals surface area contributed by atoms with Crippen LogP contribution in [0.2, 0.25) is 0 Å². The van der Waals surface area contributed by atoms with Gasteiger partial charge < -0.3 is 10.5 Å². The molecule has 2 aromatic rings. The number of thiazole rings is 1. The van der Waals surface area contributed by atoms with Crippen molar-refractivity contribution in [3.63, 3.8) is 0 Å². The molecule has 0 unspecified atom stereocenters. The summed E-state index contributed by atoms with van der Waals surface area (Å²) in [7, 11) is 1.70. The molecule has 0 radical (unpaired) electrons. The number of benzene rings is 1. The molecule has 1 heterocycles. The fraction of sp³-hybridized carbons (Fsp3) is 0.438. The molecule has 1 aromatic carbocycles. The number of hydrogen-bond donors (Lipinski definition) is 1. The lowest BCUT2D eigenvalue weighted by atomic mass is 10.1. The zero-order valence-electron chi connectivity index (χ0n) is 12.3. The summed E-state index contributed by atoms with van der Waals surface area (Å²) in [5.41, 5.74) is 8.17. The van der Waals surface area contributed by atoms with Crippen molar-refractivity contribution in [3.05, 3.63) is 45.4 Å². The molecule has 0 saturated carbocycles. The molecule has 4 heteroatoms. The molecule has 20 heavy (non-hydrogen) atoms. The molecular weight excluding hydrogens is 268 g/mol. The molecule has 0 fully saturated rings. The standard InChI is InChI=1S/C16H22N2OS/c1-11(2)8-13-15(10-17)20-16(18-13)9-12-6-4-5-7-14(12)19-3/h4-7,11H,8-10,17H2,1-3H3.